The molecule has 11 heavy (non-hydrogen) atoms. The van der Waals surface area contributed by atoms with Crippen LogP contribution in [-0.4, -0.2) is 6.29 Å². The molecule has 3 nitrogen and oxygen atoms in total. The van der Waals surface area contributed by atoms with E-state index in [9.17, 15) is 4.79 Å². The highest BCUT2D eigenvalue weighted by Gasteiger charge is 1.95. The predicted molar refractivity (Wildman–Crippen MR) is 47.3 cm³/mol. The third-order valence-corrected chi connectivity index (χ3v) is 1.68. The first-order valence-corrected chi connectivity index (χ1v) is 3.78. The molecule has 0 heterocycles. The second-order valence-corrected chi connectivity index (χ2v) is 2.95. The van der Waals surface area contributed by atoms with Crippen molar-refractivity contribution in [1.29, 1.82) is 0 Å². The van der Waals surface area contributed by atoms with Crippen molar-refractivity contribution in [2.75, 3.05) is 5.43 Å². The van der Waals surface area contributed by atoms with Crippen molar-refractivity contribution in [3.8, 4) is 0 Å². The first-order chi connectivity index (χ1) is 5.26. The van der Waals surface area contributed by atoms with E-state index in [2.05, 4.69) is 21.4 Å². The molecule has 3 N–H and O–H groups in total. The number of hydrogen-bond donors (Lipinski definition) is 2. The van der Waals surface area contributed by atoms with Crippen molar-refractivity contribution in [1.82, 2.24) is 0 Å². The molecule has 0 aliphatic carbocycles. The minimum atomic E-state index is 0.590. The SMILES string of the molecule is NNc1cc(Br)cc(C=O)c1. The quantitative estimate of drug-likeness (QED) is 0.447. The van der Waals surface area contributed by atoms with Crippen LogP contribution in [0.25, 0.3) is 0 Å². The maximum atomic E-state index is 10.3. The summed E-state index contributed by atoms with van der Waals surface area (Å²) >= 11 is 3.24. The number of nitrogen functional groups attached to an aromatic ring is 1. The van der Waals surface area contributed by atoms with Gasteiger partial charge >= 0.3 is 0 Å². The Morgan fingerprint density at radius 2 is 2.18 bits per heavy atom. The maximum absolute atomic E-state index is 10.3. The standard InChI is InChI=1S/C7H7BrN2O/c8-6-1-5(4-11)2-7(3-6)10-9/h1-4,10H,9H2. The number of anilines is 1. The Hall–Kier alpha value is -0.870. The number of carbonyl (C=O) groups excluding carboxylic acids is 1. The number of nitrogens with one attached hydrogen (secondary N) is 1. The van der Waals surface area contributed by atoms with Crippen LogP contribution in [0.5, 0.6) is 0 Å². The van der Waals surface area contributed by atoms with E-state index in [-0.39, 0.29) is 0 Å². The molecule has 0 aromatic heterocycles. The Labute approximate surface area is 72.7 Å². The van der Waals surface area contributed by atoms with E-state index in [4.69, 9.17) is 5.84 Å². The molecule has 0 unspecified atom stereocenters. The highest BCUT2D eigenvalue weighted by Crippen LogP contribution is 2.17. The van der Waals surface area contributed by atoms with Crippen LogP contribution in [0.15, 0.2) is 22.7 Å². The van der Waals surface area contributed by atoms with Gasteiger partial charge in [-0.15, -0.1) is 0 Å². The van der Waals surface area contributed by atoms with E-state index < -0.39 is 0 Å². The average molecular weight is 215 g/mol. The number of hydrogen-bond acceptors (Lipinski definition) is 3. The van der Waals surface area contributed by atoms with Gasteiger partial charge in [-0.3, -0.25) is 10.6 Å². The predicted octanol–water partition coefficient (Wildman–Crippen LogP) is 1.55. The molecule has 0 aliphatic rings. The Kier molecular flexibility index (Phi) is 2.62. The van der Waals surface area contributed by atoms with Crippen LogP contribution < -0.4 is 11.3 Å². The molecule has 0 bridgehead atoms. The van der Waals surface area contributed by atoms with Gasteiger partial charge in [0.15, 0.2) is 0 Å². The van der Waals surface area contributed by atoms with Crippen molar-refractivity contribution in [2.24, 2.45) is 5.84 Å². The monoisotopic (exact) mass is 214 g/mol. The van der Waals surface area contributed by atoms with Crippen LogP contribution in [-0.2, 0) is 0 Å². The summed E-state index contributed by atoms with van der Waals surface area (Å²) in [7, 11) is 0. The number of benzene rings is 1. The molecule has 0 saturated carbocycles. The van der Waals surface area contributed by atoms with Gasteiger partial charge in [0.1, 0.15) is 6.29 Å². The smallest absolute Gasteiger partial charge is 0.150 e. The molecular formula is C7H7BrN2O. The molecular weight excluding hydrogens is 208 g/mol. The van der Waals surface area contributed by atoms with E-state index in [1.807, 2.05) is 0 Å². The van der Waals surface area contributed by atoms with E-state index in [0.717, 1.165) is 10.8 Å². The van der Waals surface area contributed by atoms with Gasteiger partial charge in [0, 0.05) is 10.0 Å². The lowest BCUT2D eigenvalue weighted by molar-refractivity contribution is 0.112. The zero-order chi connectivity index (χ0) is 8.27. The van der Waals surface area contributed by atoms with Crippen molar-refractivity contribution in [3.63, 3.8) is 0 Å². The molecule has 4 heteroatoms. The van der Waals surface area contributed by atoms with Gasteiger partial charge in [0.25, 0.3) is 0 Å². The Morgan fingerprint density at radius 3 is 2.73 bits per heavy atom. The highest BCUT2D eigenvalue weighted by molar-refractivity contribution is 9.10. The van der Waals surface area contributed by atoms with Crippen LogP contribution in [0.1, 0.15) is 10.4 Å². The normalized spacial score (nSPS) is 9.27. The topological polar surface area (TPSA) is 55.1 Å². The second kappa shape index (κ2) is 3.50. The second-order valence-electron chi connectivity index (χ2n) is 2.04. The van der Waals surface area contributed by atoms with E-state index in [0.29, 0.717) is 11.3 Å². The van der Waals surface area contributed by atoms with Gasteiger partial charge in [-0.2, -0.15) is 0 Å². The summed E-state index contributed by atoms with van der Waals surface area (Å²) in [5, 5.41) is 0. The number of rotatable bonds is 2. The lowest BCUT2D eigenvalue weighted by atomic mass is 10.2. The largest absolute Gasteiger partial charge is 0.324 e. The molecule has 1 rings (SSSR count). The van der Waals surface area contributed by atoms with Gasteiger partial charge in [-0.25, -0.2) is 0 Å². The van der Waals surface area contributed by atoms with Crippen LogP contribution in [0.4, 0.5) is 5.69 Å². The summed E-state index contributed by atoms with van der Waals surface area (Å²) in [5.74, 6) is 5.16. The summed E-state index contributed by atoms with van der Waals surface area (Å²) in [6, 6.07) is 5.17. The molecule has 0 saturated heterocycles. The molecule has 0 amide bonds. The number of carbonyl (C=O) groups is 1. The first-order valence-electron chi connectivity index (χ1n) is 2.98. The van der Waals surface area contributed by atoms with Gasteiger partial charge in [0.2, 0.25) is 0 Å². The fourth-order valence-corrected chi connectivity index (χ4v) is 1.27. The highest BCUT2D eigenvalue weighted by atomic mass is 79.9. The summed E-state index contributed by atoms with van der Waals surface area (Å²) in [6.45, 7) is 0. The molecule has 0 fully saturated rings. The van der Waals surface area contributed by atoms with Gasteiger partial charge < -0.3 is 5.43 Å². The fraction of sp³-hybridized carbons (Fsp3) is 0. The Bertz CT molecular complexity index is 275. The third-order valence-electron chi connectivity index (χ3n) is 1.22. The molecule has 0 atom stereocenters. The van der Waals surface area contributed by atoms with E-state index in [1.165, 1.54) is 0 Å². The Balaban J connectivity index is 3.11. The van der Waals surface area contributed by atoms with Crippen LogP contribution in [0.2, 0.25) is 0 Å². The van der Waals surface area contributed by atoms with Crippen LogP contribution >= 0.6 is 15.9 Å². The zero-order valence-electron chi connectivity index (χ0n) is 5.67. The molecule has 0 aliphatic heterocycles. The number of hydrazine groups is 1. The minimum Gasteiger partial charge on any atom is -0.324 e. The maximum Gasteiger partial charge on any atom is 0.150 e. The first kappa shape index (κ1) is 8.23. The Morgan fingerprint density at radius 1 is 1.45 bits per heavy atom. The van der Waals surface area contributed by atoms with Crippen LogP contribution in [0.3, 0.4) is 0 Å². The number of nitrogens with two attached hydrogens (primary N) is 1. The number of aldehydes is 1. The van der Waals surface area contributed by atoms with Crippen molar-refractivity contribution in [3.05, 3.63) is 28.2 Å². The number of halogens is 1. The van der Waals surface area contributed by atoms with Gasteiger partial charge in [-0.05, 0) is 18.2 Å². The summed E-state index contributed by atoms with van der Waals surface area (Å²) < 4.78 is 0.829. The molecule has 0 spiro atoms. The summed E-state index contributed by atoms with van der Waals surface area (Å²) in [4.78, 5) is 10.3. The third kappa shape index (κ3) is 2.03. The van der Waals surface area contributed by atoms with Crippen molar-refractivity contribution in [2.45, 2.75) is 0 Å². The molecule has 58 valence electrons. The molecule has 1 aromatic rings. The molecule has 1 aromatic carbocycles. The lowest BCUT2D eigenvalue weighted by Gasteiger charge is -2.00. The lowest BCUT2D eigenvalue weighted by Crippen LogP contribution is -2.06. The van der Waals surface area contributed by atoms with Crippen molar-refractivity contribution < 1.29 is 4.79 Å². The van der Waals surface area contributed by atoms with Gasteiger partial charge in [-0.1, -0.05) is 15.9 Å². The van der Waals surface area contributed by atoms with Crippen molar-refractivity contribution >= 4 is 27.9 Å². The summed E-state index contributed by atoms with van der Waals surface area (Å²) in [6.07, 6.45) is 0.769. The van der Waals surface area contributed by atoms with Gasteiger partial charge in [0.05, 0.1) is 5.69 Å². The van der Waals surface area contributed by atoms with E-state index >= 15 is 0 Å². The molecule has 0 radical (unpaired) electrons. The zero-order valence-corrected chi connectivity index (χ0v) is 7.26. The fourth-order valence-electron chi connectivity index (χ4n) is 0.764. The summed E-state index contributed by atoms with van der Waals surface area (Å²) in [5.41, 5.74) is 3.75. The van der Waals surface area contributed by atoms with E-state index in [1.54, 1.807) is 18.2 Å². The van der Waals surface area contributed by atoms with Crippen LogP contribution in [0, 0.1) is 0 Å². The average Bonchev–Trinajstić information content (AvgIpc) is 2.03. The minimum absolute atomic E-state index is 0.590.